The van der Waals surface area contributed by atoms with Gasteiger partial charge in [-0.2, -0.15) is 5.10 Å². The van der Waals surface area contributed by atoms with Gasteiger partial charge in [0, 0.05) is 27.7 Å². The number of hydrazone groups is 1. The van der Waals surface area contributed by atoms with Crippen molar-refractivity contribution in [2.75, 3.05) is 13.2 Å². The number of esters is 4. The van der Waals surface area contributed by atoms with Crippen LogP contribution in [-0.2, 0) is 42.9 Å². The van der Waals surface area contributed by atoms with Crippen molar-refractivity contribution in [2.45, 2.75) is 65.3 Å². The van der Waals surface area contributed by atoms with Crippen LogP contribution in [0.4, 0.5) is 0 Å². The summed E-state index contributed by atoms with van der Waals surface area (Å²) in [6.45, 7) is 6.31. The maximum absolute atomic E-state index is 11.9. The molecule has 39 heavy (non-hydrogen) atoms. The number of nitrogens with one attached hydrogen (secondary N) is 2. The molecule has 2 rings (SSSR count). The Morgan fingerprint density at radius 2 is 1.62 bits per heavy atom. The number of thiocarbonyl (C=S) groups is 1. The Labute approximate surface area is 229 Å². The first kappa shape index (κ1) is 31.2. The van der Waals surface area contributed by atoms with E-state index >= 15 is 0 Å². The van der Waals surface area contributed by atoms with Crippen molar-refractivity contribution in [1.29, 1.82) is 0 Å². The highest BCUT2D eigenvalue weighted by Gasteiger charge is 2.52. The maximum Gasteiger partial charge on any atom is 0.303 e. The van der Waals surface area contributed by atoms with Gasteiger partial charge >= 0.3 is 23.9 Å². The number of carbonyl (C=O) groups is 4. The summed E-state index contributed by atoms with van der Waals surface area (Å²) >= 11 is 5.28. The lowest BCUT2D eigenvalue weighted by Gasteiger charge is -2.44. The van der Waals surface area contributed by atoms with Crippen molar-refractivity contribution in [2.24, 2.45) is 5.10 Å². The molecule has 1 saturated heterocycles. The fourth-order valence-electron chi connectivity index (χ4n) is 3.55. The summed E-state index contributed by atoms with van der Waals surface area (Å²) in [4.78, 5) is 47.1. The summed E-state index contributed by atoms with van der Waals surface area (Å²) in [7, 11) is 0. The molecule has 0 spiro atoms. The van der Waals surface area contributed by atoms with Crippen LogP contribution in [0.15, 0.2) is 23.3 Å². The molecule has 0 unspecified atom stereocenters. The van der Waals surface area contributed by atoms with Crippen molar-refractivity contribution >= 4 is 47.4 Å². The van der Waals surface area contributed by atoms with Crippen LogP contribution in [-0.4, -0.2) is 84.2 Å². The molecule has 1 aromatic carbocycles. The van der Waals surface area contributed by atoms with E-state index in [2.05, 4.69) is 15.8 Å². The number of phenolic OH excluding ortho intramolecular Hbond substituents is 1. The van der Waals surface area contributed by atoms with Crippen LogP contribution in [0.5, 0.6) is 11.5 Å². The van der Waals surface area contributed by atoms with E-state index in [0.29, 0.717) is 12.2 Å². The second-order valence-electron chi connectivity index (χ2n) is 8.12. The fraction of sp³-hybridized carbons (Fsp3) is 0.500. The molecule has 0 bridgehead atoms. The van der Waals surface area contributed by atoms with E-state index in [1.54, 1.807) is 19.1 Å². The molecule has 214 valence electrons. The lowest BCUT2D eigenvalue weighted by Crippen LogP contribution is -2.66. The SMILES string of the molecule is CCOc1cc(/C=N/NC(=S)N[C@@H]2O[C@H](COC(C)=O)[C@H](OC(C)=O)[C@H](OC(C)=O)[C@H]2OC(C)=O)ccc1O. The first-order chi connectivity index (χ1) is 18.4. The fourth-order valence-corrected chi connectivity index (χ4v) is 3.72. The summed E-state index contributed by atoms with van der Waals surface area (Å²) in [5, 5.41) is 16.5. The van der Waals surface area contributed by atoms with Gasteiger partial charge in [-0.05, 0) is 42.9 Å². The van der Waals surface area contributed by atoms with Gasteiger partial charge in [-0.25, -0.2) is 0 Å². The summed E-state index contributed by atoms with van der Waals surface area (Å²) in [6, 6.07) is 4.61. The molecule has 0 aliphatic carbocycles. The molecule has 1 aromatic rings. The van der Waals surface area contributed by atoms with Gasteiger partial charge in [0.1, 0.15) is 12.7 Å². The zero-order chi connectivity index (χ0) is 29.1. The molecule has 1 fully saturated rings. The highest BCUT2D eigenvalue weighted by Crippen LogP contribution is 2.29. The number of ether oxygens (including phenoxy) is 6. The number of hydrogen-bond donors (Lipinski definition) is 3. The van der Waals surface area contributed by atoms with Gasteiger partial charge in [0.05, 0.1) is 12.8 Å². The van der Waals surface area contributed by atoms with Crippen LogP contribution in [0.1, 0.15) is 40.2 Å². The minimum absolute atomic E-state index is 0.0252. The third-order valence-electron chi connectivity index (χ3n) is 4.93. The molecule has 15 heteroatoms. The molecule has 0 radical (unpaired) electrons. The van der Waals surface area contributed by atoms with Gasteiger partial charge in [0.25, 0.3) is 0 Å². The molecule has 1 aliphatic rings. The second-order valence-corrected chi connectivity index (χ2v) is 8.53. The van der Waals surface area contributed by atoms with Gasteiger partial charge in [0.2, 0.25) is 0 Å². The standard InChI is InChI=1S/C24H31N3O11S/c1-6-33-18-9-16(7-8-17(18)32)10-25-27-24(39)26-23-22(37-15(5)31)21(36-14(4)30)20(35-13(3)29)19(38-23)11-34-12(2)28/h7-10,19-23,32H,6,11H2,1-5H3,(H2,26,27,39)/b25-10+/t19-,20+,21+,22-,23-/m1/s1. The molecule has 1 aliphatic heterocycles. The summed E-state index contributed by atoms with van der Waals surface area (Å²) in [5.74, 6) is -2.63. The maximum atomic E-state index is 11.9. The first-order valence-electron chi connectivity index (χ1n) is 11.8. The topological polar surface area (TPSA) is 180 Å². The van der Waals surface area contributed by atoms with Crippen molar-refractivity contribution < 1.29 is 52.7 Å². The minimum Gasteiger partial charge on any atom is -0.504 e. The van der Waals surface area contributed by atoms with Crippen molar-refractivity contribution in [3.8, 4) is 11.5 Å². The summed E-state index contributed by atoms with van der Waals surface area (Å²) in [5.41, 5.74) is 3.15. The quantitative estimate of drug-likeness (QED) is 0.118. The van der Waals surface area contributed by atoms with Crippen molar-refractivity contribution in [3.05, 3.63) is 23.8 Å². The van der Waals surface area contributed by atoms with E-state index in [4.69, 9.17) is 40.6 Å². The van der Waals surface area contributed by atoms with Crippen LogP contribution in [0, 0.1) is 0 Å². The van der Waals surface area contributed by atoms with Gasteiger partial charge in [-0.3, -0.25) is 24.6 Å². The Morgan fingerprint density at radius 1 is 1.00 bits per heavy atom. The Morgan fingerprint density at radius 3 is 2.21 bits per heavy atom. The number of benzene rings is 1. The second kappa shape index (κ2) is 14.8. The molecular formula is C24H31N3O11S. The number of aromatic hydroxyl groups is 1. The molecule has 0 aromatic heterocycles. The average Bonchev–Trinajstić information content (AvgIpc) is 2.83. The highest BCUT2D eigenvalue weighted by atomic mass is 32.1. The molecule has 0 saturated carbocycles. The number of carbonyl (C=O) groups excluding carboxylic acids is 4. The van der Waals surface area contributed by atoms with E-state index in [1.165, 1.54) is 19.2 Å². The average molecular weight is 570 g/mol. The van der Waals surface area contributed by atoms with Crippen LogP contribution in [0.2, 0.25) is 0 Å². The lowest BCUT2D eigenvalue weighted by molar-refractivity contribution is -0.254. The lowest BCUT2D eigenvalue weighted by atomic mass is 9.97. The first-order valence-corrected chi connectivity index (χ1v) is 12.2. The molecule has 3 N–H and O–H groups in total. The van der Waals surface area contributed by atoms with E-state index < -0.39 is 54.5 Å². The predicted octanol–water partition coefficient (Wildman–Crippen LogP) is 0.672. The van der Waals surface area contributed by atoms with E-state index in [-0.39, 0.29) is 23.2 Å². The van der Waals surface area contributed by atoms with Gasteiger partial charge in [-0.1, -0.05) is 0 Å². The molecule has 0 amide bonds. The van der Waals surface area contributed by atoms with E-state index in [1.807, 2.05) is 0 Å². The monoisotopic (exact) mass is 569 g/mol. The number of rotatable bonds is 10. The van der Waals surface area contributed by atoms with E-state index in [0.717, 1.165) is 20.8 Å². The van der Waals surface area contributed by atoms with Crippen molar-refractivity contribution in [1.82, 2.24) is 10.7 Å². The zero-order valence-electron chi connectivity index (χ0n) is 22.0. The molecule has 5 atom stereocenters. The zero-order valence-corrected chi connectivity index (χ0v) is 22.8. The Hall–Kier alpha value is -3.98. The molecule has 14 nitrogen and oxygen atoms in total. The van der Waals surface area contributed by atoms with Gasteiger partial charge in [0.15, 0.2) is 41.2 Å². The Balaban J connectivity index is 2.27. The number of nitrogens with zero attached hydrogens (tertiary/aromatic N) is 1. The van der Waals surface area contributed by atoms with E-state index in [9.17, 15) is 24.3 Å². The normalized spacial score (nSPS) is 22.3. The molecular weight excluding hydrogens is 538 g/mol. The highest BCUT2D eigenvalue weighted by molar-refractivity contribution is 7.80. The van der Waals surface area contributed by atoms with Crippen molar-refractivity contribution in [3.63, 3.8) is 0 Å². The third-order valence-corrected chi connectivity index (χ3v) is 5.14. The van der Waals surface area contributed by atoms with Gasteiger partial charge < -0.3 is 38.8 Å². The van der Waals surface area contributed by atoms with Crippen LogP contribution >= 0.6 is 12.2 Å². The number of phenols is 1. The summed E-state index contributed by atoms with van der Waals surface area (Å²) < 4.78 is 32.3. The molecule has 1 heterocycles. The van der Waals surface area contributed by atoms with Crippen LogP contribution in [0.25, 0.3) is 0 Å². The predicted molar refractivity (Wildman–Crippen MR) is 138 cm³/mol. The smallest absolute Gasteiger partial charge is 0.303 e. The largest absolute Gasteiger partial charge is 0.504 e. The minimum atomic E-state index is -1.35. The Bertz CT molecular complexity index is 1100. The number of hydrogen-bond acceptors (Lipinski definition) is 13. The summed E-state index contributed by atoms with van der Waals surface area (Å²) in [6.07, 6.45) is -4.95. The van der Waals surface area contributed by atoms with Gasteiger partial charge in [-0.15, -0.1) is 0 Å². The van der Waals surface area contributed by atoms with Crippen LogP contribution in [0.3, 0.4) is 0 Å². The van der Waals surface area contributed by atoms with Crippen LogP contribution < -0.4 is 15.5 Å². The Kier molecular flexibility index (Phi) is 11.9. The third kappa shape index (κ3) is 10.0.